The Labute approximate surface area is 184 Å². The van der Waals surface area contributed by atoms with Gasteiger partial charge in [0.15, 0.2) is 0 Å². The lowest BCUT2D eigenvalue weighted by molar-refractivity contribution is -0.129. The largest absolute Gasteiger partial charge is 0.352 e. The van der Waals surface area contributed by atoms with E-state index in [0.29, 0.717) is 12.3 Å². The van der Waals surface area contributed by atoms with Gasteiger partial charge in [-0.3, -0.25) is 4.79 Å². The fraction of sp³-hybridized carbons (Fsp3) is 0.400. The molecule has 2 nitrogen and oxygen atoms in total. The number of amides is 1. The molecule has 0 aliphatic carbocycles. The van der Waals surface area contributed by atoms with E-state index in [1.807, 2.05) is 36.4 Å². The van der Waals surface area contributed by atoms with Gasteiger partial charge in [0.25, 0.3) is 0 Å². The second-order valence-corrected chi connectivity index (χ2v) is 8.86. The number of hydrogen-bond donors (Lipinski definition) is 1. The number of aryl methyl sites for hydroxylation is 1. The van der Waals surface area contributed by atoms with E-state index in [1.165, 1.54) is 11.1 Å². The van der Waals surface area contributed by atoms with Crippen LogP contribution in [0.4, 0.5) is 0 Å². The first-order valence-electron chi connectivity index (χ1n) is 10.4. The molecular weight excluding hydrogens is 401 g/mol. The van der Waals surface area contributed by atoms with E-state index in [9.17, 15) is 4.79 Å². The minimum Gasteiger partial charge on any atom is -0.352 e. The Kier molecular flexibility index (Phi) is 7.80. The van der Waals surface area contributed by atoms with E-state index >= 15 is 0 Å². The molecule has 0 radical (unpaired) electrons. The lowest BCUT2D eigenvalue weighted by Gasteiger charge is -2.41. The van der Waals surface area contributed by atoms with Gasteiger partial charge in [0.1, 0.15) is 0 Å². The van der Waals surface area contributed by atoms with Crippen molar-refractivity contribution in [1.29, 1.82) is 0 Å². The molecule has 3 rings (SSSR count). The molecule has 4 atom stereocenters. The highest BCUT2D eigenvalue weighted by Gasteiger charge is 2.39. The maximum Gasteiger partial charge on any atom is 0.223 e. The van der Waals surface area contributed by atoms with Crippen molar-refractivity contribution in [3.8, 4) is 0 Å². The summed E-state index contributed by atoms with van der Waals surface area (Å²) in [6.45, 7) is 6.04. The van der Waals surface area contributed by atoms with Crippen molar-refractivity contribution in [2.45, 2.75) is 51.0 Å². The first-order chi connectivity index (χ1) is 14.0. The molecule has 0 aromatic heterocycles. The Morgan fingerprint density at radius 2 is 1.93 bits per heavy atom. The number of carbonyl (C=O) groups excluding carboxylic acids is 1. The molecule has 1 aliphatic rings. The zero-order chi connectivity index (χ0) is 20.8. The molecule has 2 aromatic rings. The highest BCUT2D eigenvalue weighted by molar-refractivity contribution is 6.30. The molecule has 1 saturated heterocycles. The van der Waals surface area contributed by atoms with Crippen molar-refractivity contribution in [3.63, 3.8) is 0 Å². The van der Waals surface area contributed by atoms with Gasteiger partial charge in [-0.15, -0.1) is 6.58 Å². The van der Waals surface area contributed by atoms with Crippen LogP contribution in [0.1, 0.15) is 49.7 Å². The van der Waals surface area contributed by atoms with E-state index in [1.54, 1.807) is 0 Å². The smallest absolute Gasteiger partial charge is 0.223 e. The number of halogens is 2. The maximum atomic E-state index is 12.8. The molecule has 0 bridgehead atoms. The molecule has 1 fully saturated rings. The van der Waals surface area contributed by atoms with Crippen molar-refractivity contribution in [2.24, 2.45) is 11.8 Å². The van der Waals surface area contributed by atoms with Gasteiger partial charge < -0.3 is 5.32 Å². The SMILES string of the molecule is C=CCC1C[C@H](c2cccc(Cl)c2)[C@H](C(CC)CCc2ccc(Cl)cc2)NC1=O. The average molecular weight is 430 g/mol. The van der Waals surface area contributed by atoms with Gasteiger partial charge in [-0.25, -0.2) is 0 Å². The summed E-state index contributed by atoms with van der Waals surface area (Å²) >= 11 is 12.3. The van der Waals surface area contributed by atoms with Crippen LogP contribution in [0.3, 0.4) is 0 Å². The monoisotopic (exact) mass is 429 g/mol. The molecule has 1 N–H and O–H groups in total. The van der Waals surface area contributed by atoms with Crippen LogP contribution in [0.5, 0.6) is 0 Å². The van der Waals surface area contributed by atoms with Crippen LogP contribution >= 0.6 is 23.2 Å². The molecular formula is C25H29Cl2NO. The number of benzene rings is 2. The number of carbonyl (C=O) groups is 1. The third-order valence-corrected chi connectivity index (χ3v) is 6.62. The van der Waals surface area contributed by atoms with E-state index < -0.39 is 0 Å². The summed E-state index contributed by atoms with van der Waals surface area (Å²) in [5, 5.41) is 4.87. The lowest BCUT2D eigenvalue weighted by atomic mass is 9.72. The molecule has 1 amide bonds. The number of piperidine rings is 1. The normalized spacial score (nSPS) is 22.7. The molecule has 0 saturated carbocycles. The van der Waals surface area contributed by atoms with Crippen LogP contribution in [0, 0.1) is 11.8 Å². The van der Waals surface area contributed by atoms with E-state index in [-0.39, 0.29) is 23.8 Å². The van der Waals surface area contributed by atoms with Crippen molar-refractivity contribution >= 4 is 29.1 Å². The van der Waals surface area contributed by atoms with Crippen LogP contribution in [0.15, 0.2) is 61.2 Å². The maximum absolute atomic E-state index is 12.8. The Hall–Kier alpha value is -1.77. The standard InChI is InChI=1S/C25H29Cl2NO/c1-3-6-20-16-23(19-7-5-8-22(27)15-19)24(28-25(20)29)18(4-2)12-9-17-10-13-21(26)14-11-17/h3,5,7-8,10-11,13-15,18,20,23-24H,1,4,6,9,12,16H2,2H3,(H,28,29)/t18?,20?,23-,24+/m1/s1. The van der Waals surface area contributed by atoms with E-state index in [4.69, 9.17) is 23.2 Å². The summed E-state index contributed by atoms with van der Waals surface area (Å²) in [7, 11) is 0. The Morgan fingerprint density at radius 3 is 2.59 bits per heavy atom. The van der Waals surface area contributed by atoms with Crippen molar-refractivity contribution in [3.05, 3.63) is 82.4 Å². The molecule has 1 heterocycles. The van der Waals surface area contributed by atoms with Gasteiger partial charge >= 0.3 is 0 Å². The minimum absolute atomic E-state index is 0.0264. The van der Waals surface area contributed by atoms with Crippen LogP contribution in [0.2, 0.25) is 10.0 Å². The second-order valence-electron chi connectivity index (χ2n) is 7.99. The Bertz CT molecular complexity index is 833. The van der Waals surface area contributed by atoms with Gasteiger partial charge in [-0.05, 0) is 67.0 Å². The predicted octanol–water partition coefficient (Wildman–Crippen LogP) is 6.82. The topological polar surface area (TPSA) is 29.1 Å². The molecule has 29 heavy (non-hydrogen) atoms. The van der Waals surface area contributed by atoms with Crippen LogP contribution in [-0.2, 0) is 11.2 Å². The zero-order valence-corrected chi connectivity index (χ0v) is 18.4. The van der Waals surface area contributed by atoms with Crippen molar-refractivity contribution in [1.82, 2.24) is 5.32 Å². The number of hydrogen-bond acceptors (Lipinski definition) is 1. The van der Waals surface area contributed by atoms with Gasteiger partial charge in [0, 0.05) is 27.9 Å². The third-order valence-electron chi connectivity index (χ3n) is 6.13. The van der Waals surface area contributed by atoms with E-state index in [2.05, 4.69) is 37.0 Å². The molecule has 2 aromatic carbocycles. The molecule has 2 unspecified atom stereocenters. The predicted molar refractivity (Wildman–Crippen MR) is 123 cm³/mol. The minimum atomic E-state index is -0.0264. The summed E-state index contributed by atoms with van der Waals surface area (Å²) in [5.74, 6) is 0.773. The van der Waals surface area contributed by atoms with Crippen LogP contribution in [0.25, 0.3) is 0 Å². The summed E-state index contributed by atoms with van der Waals surface area (Å²) < 4.78 is 0. The summed E-state index contributed by atoms with van der Waals surface area (Å²) in [6, 6.07) is 16.3. The fourth-order valence-electron chi connectivity index (χ4n) is 4.52. The highest BCUT2D eigenvalue weighted by atomic mass is 35.5. The van der Waals surface area contributed by atoms with Gasteiger partial charge in [-0.2, -0.15) is 0 Å². The van der Waals surface area contributed by atoms with Crippen molar-refractivity contribution in [2.75, 3.05) is 0 Å². The highest BCUT2D eigenvalue weighted by Crippen LogP contribution is 2.38. The zero-order valence-electron chi connectivity index (χ0n) is 16.9. The summed E-state index contributed by atoms with van der Waals surface area (Å²) in [6.07, 6.45) is 6.39. The first-order valence-corrected chi connectivity index (χ1v) is 11.2. The van der Waals surface area contributed by atoms with Crippen molar-refractivity contribution < 1.29 is 4.79 Å². The first kappa shape index (κ1) is 21.9. The van der Waals surface area contributed by atoms with E-state index in [0.717, 1.165) is 35.7 Å². The quantitative estimate of drug-likeness (QED) is 0.458. The molecule has 4 heteroatoms. The number of allylic oxidation sites excluding steroid dienone is 1. The fourth-order valence-corrected chi connectivity index (χ4v) is 4.84. The van der Waals surface area contributed by atoms with Gasteiger partial charge in [-0.1, -0.05) is 66.9 Å². The summed E-state index contributed by atoms with van der Waals surface area (Å²) in [4.78, 5) is 12.8. The van der Waals surface area contributed by atoms with Crippen LogP contribution in [-0.4, -0.2) is 11.9 Å². The molecule has 0 spiro atoms. The van der Waals surface area contributed by atoms with Crippen LogP contribution < -0.4 is 5.32 Å². The Morgan fingerprint density at radius 1 is 1.17 bits per heavy atom. The second kappa shape index (κ2) is 10.3. The molecule has 154 valence electrons. The van der Waals surface area contributed by atoms with Gasteiger partial charge in [0.05, 0.1) is 0 Å². The lowest BCUT2D eigenvalue weighted by Crippen LogP contribution is -2.51. The van der Waals surface area contributed by atoms with Gasteiger partial charge in [0.2, 0.25) is 5.91 Å². The summed E-state index contributed by atoms with van der Waals surface area (Å²) in [5.41, 5.74) is 2.49. The number of nitrogens with one attached hydrogen (secondary N) is 1. The molecule has 1 aliphatic heterocycles. The third kappa shape index (κ3) is 5.65. The Balaban J connectivity index is 1.82. The number of rotatable bonds is 8. The average Bonchev–Trinajstić information content (AvgIpc) is 2.71.